The molecule has 400 valence electrons. The maximum atomic E-state index is 11.2. The zero-order valence-corrected chi connectivity index (χ0v) is 50.6. The summed E-state index contributed by atoms with van der Waals surface area (Å²) in [5, 5.41) is 20.6. The fraction of sp³-hybridized carbons (Fsp3) is 0.421. The third kappa shape index (κ3) is 14.6. The summed E-state index contributed by atoms with van der Waals surface area (Å²) in [6, 6.07) is 31.6. The van der Waals surface area contributed by atoms with E-state index in [-0.39, 0.29) is 12.6 Å². The van der Waals surface area contributed by atoms with Gasteiger partial charge in [-0.2, -0.15) is 0 Å². The number of ether oxygens (including phenoxy) is 1. The van der Waals surface area contributed by atoms with Crippen molar-refractivity contribution < 1.29 is 18.8 Å². The van der Waals surface area contributed by atoms with Gasteiger partial charge in [0.1, 0.15) is 4.88 Å². The largest absolute Gasteiger partial charge is 0.465 e. The van der Waals surface area contributed by atoms with Crippen molar-refractivity contribution in [1.29, 1.82) is 0 Å². The van der Waals surface area contributed by atoms with Crippen LogP contribution >= 0.6 is 125 Å². The number of halogens is 7. The Bertz CT molecular complexity index is 3120. The number of nitrogens with two attached hydrogens (primary N) is 1. The summed E-state index contributed by atoms with van der Waals surface area (Å²) < 4.78 is 18.1. The van der Waals surface area contributed by atoms with Gasteiger partial charge >= 0.3 is 5.97 Å². The van der Waals surface area contributed by atoms with Gasteiger partial charge in [-0.15, -0.1) is 56.9 Å². The van der Waals surface area contributed by atoms with E-state index in [1.165, 1.54) is 121 Å². The van der Waals surface area contributed by atoms with Crippen molar-refractivity contribution in [1.82, 2.24) is 5.32 Å². The number of rotatable bonds is 6. The van der Waals surface area contributed by atoms with Gasteiger partial charge in [0.2, 0.25) is 9.23 Å². The molecule has 0 spiro atoms. The zero-order valence-electron chi connectivity index (χ0n) is 41.2. The number of hydrogen-bond acceptors (Lipinski definition) is 10. The van der Waals surface area contributed by atoms with E-state index in [0.29, 0.717) is 26.9 Å². The minimum atomic E-state index is -1.67. The van der Waals surface area contributed by atoms with E-state index in [1.807, 2.05) is 78.1 Å². The molecule has 16 rings (SSSR count). The van der Waals surface area contributed by atoms with Gasteiger partial charge in [-0.1, -0.05) is 94.9 Å². The minimum absolute atomic E-state index is 0.0929. The zero-order chi connectivity index (χ0) is 53.0. The van der Waals surface area contributed by atoms with Gasteiger partial charge in [0.25, 0.3) is 0 Å². The minimum Gasteiger partial charge on any atom is -0.465 e. The fourth-order valence-electron chi connectivity index (χ4n) is 13.5. The first-order chi connectivity index (χ1) is 36.0. The van der Waals surface area contributed by atoms with E-state index >= 15 is 0 Å². The Hall–Kier alpha value is -1.75. The van der Waals surface area contributed by atoms with Crippen LogP contribution in [-0.4, -0.2) is 33.5 Å². The molecule has 8 saturated carbocycles. The molecule has 0 aliphatic heterocycles. The van der Waals surface area contributed by atoms with Crippen molar-refractivity contribution in [2.45, 2.75) is 107 Å². The predicted molar refractivity (Wildman–Crippen MR) is 327 cm³/mol. The van der Waals surface area contributed by atoms with Crippen LogP contribution in [-0.2, 0) is 33.0 Å². The van der Waals surface area contributed by atoms with Crippen LogP contribution in [0, 0.1) is 35.5 Å². The monoisotopic (exact) mass is 1240 g/mol. The Morgan fingerprint density at radius 1 is 0.600 bits per heavy atom. The molecule has 4 aromatic carbocycles. The summed E-state index contributed by atoms with van der Waals surface area (Å²) in [5.74, 6) is 6.34. The van der Waals surface area contributed by atoms with Crippen LogP contribution in [0.15, 0.2) is 97.1 Å². The molecule has 4 N–H and O–H groups in total. The summed E-state index contributed by atoms with van der Waals surface area (Å²) in [7, 11) is 8.73. The average molecular weight is 1240 g/mol. The van der Waals surface area contributed by atoms with E-state index in [2.05, 4.69) is 49.6 Å². The first-order valence-corrected chi connectivity index (χ1v) is 33.3. The number of esters is 1. The van der Waals surface area contributed by atoms with Crippen molar-refractivity contribution in [2.75, 3.05) is 7.11 Å². The Morgan fingerprint density at radius 2 is 0.947 bits per heavy atom. The van der Waals surface area contributed by atoms with E-state index in [9.17, 15) is 4.79 Å². The fourth-order valence-corrected chi connectivity index (χ4v) is 18.7. The molecule has 0 amide bonds. The standard InChI is InChI=1S/C19H22ClNS.C10H7ClO2S.C10H17N.C9H6Cl2S.C9H7ClOS.Cl2OS/c20-17-3-1-2-15-7-16(22-18(15)17)11-21-19-8-12-4-13(9-19)6-14(5-12)10-19;1-13-10(12)8-5-6-3-2-4-7(11)9(6)14-8;11-10-4-7-1-8(5-10)3-9(2-7)6-10;10-5-7-4-6-2-1-3-8(11)9(6)12-7;10-8-3-1-2-6-4-7(5-11)12-9(6)8;1-4(2)3/h1-3,7,12-14,21H,4-6,8-11H2;2-5H,1H3;7-9H,1-6,11H2;1-4H,5H2;1-4,11H,5H2;. The number of methoxy groups -OCH3 is 1. The van der Waals surface area contributed by atoms with Crippen LogP contribution in [0.1, 0.15) is 101 Å². The van der Waals surface area contributed by atoms with Gasteiger partial charge in [-0.3, -0.25) is 0 Å². The number of hydrogen-bond donors (Lipinski definition) is 3. The lowest BCUT2D eigenvalue weighted by atomic mass is 9.53. The molecular weight excluding hydrogens is 1190 g/mol. The van der Waals surface area contributed by atoms with E-state index in [1.54, 1.807) is 34.8 Å². The van der Waals surface area contributed by atoms with Crippen molar-refractivity contribution in [3.63, 3.8) is 0 Å². The number of carbonyl (C=O) groups is 1. The molecule has 8 aliphatic carbocycles. The lowest BCUT2D eigenvalue weighted by Crippen LogP contribution is -2.58. The second-order valence-corrected chi connectivity index (χ2v) is 30.1. The molecule has 8 aromatic rings. The SMILES string of the molecule is COC(=O)c1cc2cccc(Cl)c2s1.ClCc1cc2cccc(Cl)c2s1.Clc1cccc2cc(CNC34CC5CC(CC(C5)C3)C4)sc12.NC12CC3CC(CC(C3)C1)C2.O=S(Cl)Cl.OCc1cc2cccc(Cl)c2s1. The Kier molecular flexibility index (Phi) is 19.9. The maximum Gasteiger partial charge on any atom is 0.348 e. The summed E-state index contributed by atoms with van der Waals surface area (Å²) in [6.45, 7) is 1.11. The smallest absolute Gasteiger partial charge is 0.348 e. The maximum absolute atomic E-state index is 11.2. The number of thiophene rings is 4. The number of fused-ring (bicyclic) bond motifs is 4. The number of alkyl halides is 1. The Morgan fingerprint density at radius 3 is 1.31 bits per heavy atom. The van der Waals surface area contributed by atoms with Crippen LogP contribution in [0.25, 0.3) is 40.3 Å². The quantitative estimate of drug-likeness (QED) is 0.0871. The lowest BCUT2D eigenvalue weighted by molar-refractivity contribution is -0.0204. The van der Waals surface area contributed by atoms with E-state index in [4.69, 9.17) is 73.1 Å². The van der Waals surface area contributed by atoms with E-state index in [0.717, 1.165) is 86.9 Å². The summed E-state index contributed by atoms with van der Waals surface area (Å²) in [6.07, 6.45) is 17.4. The molecule has 18 heteroatoms. The number of aliphatic hydroxyl groups is 1. The lowest BCUT2D eigenvalue weighted by Gasteiger charge is -2.57. The molecule has 4 heterocycles. The second-order valence-electron chi connectivity index (χ2n) is 21.2. The molecule has 4 aromatic heterocycles. The number of aliphatic hydroxyl groups excluding tert-OH is 1. The first kappa shape index (κ1) is 57.9. The highest BCUT2D eigenvalue weighted by Crippen LogP contribution is 2.56. The molecule has 0 saturated heterocycles. The molecule has 0 atom stereocenters. The van der Waals surface area contributed by atoms with Crippen LogP contribution in [0.2, 0.25) is 20.1 Å². The highest BCUT2D eigenvalue weighted by molar-refractivity contribution is 8.26. The van der Waals surface area contributed by atoms with Crippen molar-refractivity contribution in [3.8, 4) is 0 Å². The third-order valence-corrected chi connectivity index (χ3v) is 22.4. The van der Waals surface area contributed by atoms with Crippen LogP contribution in [0.4, 0.5) is 0 Å². The first-order valence-electron chi connectivity index (χ1n) is 25.2. The van der Waals surface area contributed by atoms with Crippen molar-refractivity contribution in [3.05, 3.63) is 137 Å². The normalized spacial score (nSPS) is 25.4. The third-order valence-electron chi connectivity index (χ3n) is 15.6. The summed E-state index contributed by atoms with van der Waals surface area (Å²) in [4.78, 5) is 15.4. The van der Waals surface area contributed by atoms with Gasteiger partial charge in [-0.05, 0) is 183 Å². The number of benzene rings is 4. The highest BCUT2D eigenvalue weighted by Gasteiger charge is 2.51. The van der Waals surface area contributed by atoms with Crippen molar-refractivity contribution >= 4 is 180 Å². The van der Waals surface area contributed by atoms with Gasteiger partial charge < -0.3 is 20.9 Å². The predicted octanol–water partition coefficient (Wildman–Crippen LogP) is 19.3. The Labute approximate surface area is 491 Å². The van der Waals surface area contributed by atoms with Gasteiger partial charge in [0, 0.05) is 53.6 Å². The average Bonchev–Trinajstić information content (AvgIpc) is 4.19. The van der Waals surface area contributed by atoms with Crippen LogP contribution < -0.4 is 11.1 Å². The van der Waals surface area contributed by atoms with Gasteiger partial charge in [0.15, 0.2) is 0 Å². The van der Waals surface area contributed by atoms with E-state index < -0.39 is 9.23 Å². The second kappa shape index (κ2) is 25.8. The molecule has 8 bridgehead atoms. The molecule has 0 unspecified atom stereocenters. The molecule has 8 aliphatic rings. The molecule has 0 radical (unpaired) electrons. The van der Waals surface area contributed by atoms with Gasteiger partial charge in [-0.25, -0.2) is 9.00 Å². The molecule has 8 fully saturated rings. The molecule has 6 nitrogen and oxygen atoms in total. The Balaban J connectivity index is 0.000000116. The molecular formula is C57H59Cl7N2O4S5. The van der Waals surface area contributed by atoms with Gasteiger partial charge in [0.05, 0.1) is 58.5 Å². The highest BCUT2D eigenvalue weighted by atomic mass is 36.0. The summed E-state index contributed by atoms with van der Waals surface area (Å²) >= 11 is 36.4. The summed E-state index contributed by atoms with van der Waals surface area (Å²) in [5.41, 5.74) is 7.07. The topological polar surface area (TPSA) is 102 Å². The van der Waals surface area contributed by atoms with Crippen molar-refractivity contribution in [2.24, 2.45) is 41.2 Å². The number of carbonyl (C=O) groups excluding carboxylic acids is 1. The molecule has 75 heavy (non-hydrogen) atoms. The number of nitrogens with one attached hydrogen (secondary N) is 1. The van der Waals surface area contributed by atoms with Crippen LogP contribution in [0.5, 0.6) is 0 Å². The van der Waals surface area contributed by atoms with Crippen LogP contribution in [0.3, 0.4) is 0 Å².